The van der Waals surface area contributed by atoms with Gasteiger partial charge >= 0.3 is 0 Å². The summed E-state index contributed by atoms with van der Waals surface area (Å²) in [5.74, 6) is 1.02. The van der Waals surface area contributed by atoms with Gasteiger partial charge in [0.1, 0.15) is 0 Å². The summed E-state index contributed by atoms with van der Waals surface area (Å²) < 4.78 is 11.4. The van der Waals surface area contributed by atoms with E-state index in [1.54, 1.807) is 0 Å². The fraction of sp³-hybridized carbons (Fsp3) is 0.409. The van der Waals surface area contributed by atoms with Gasteiger partial charge in [-0.05, 0) is 70.2 Å². The highest BCUT2D eigenvalue weighted by molar-refractivity contribution is 5.91. The zero-order chi connectivity index (χ0) is 20.2. The van der Waals surface area contributed by atoms with Crippen LogP contribution < -0.4 is 25.4 Å². The Hall–Kier alpha value is -2.57. The molecule has 3 N–H and O–H groups in total. The summed E-state index contributed by atoms with van der Waals surface area (Å²) in [5.41, 5.74) is 3.01. The van der Waals surface area contributed by atoms with E-state index in [2.05, 4.69) is 16.0 Å². The lowest BCUT2D eigenvalue weighted by atomic mass is 10.2. The Morgan fingerprint density at radius 1 is 1.00 bits per heavy atom. The zero-order valence-corrected chi connectivity index (χ0v) is 17.0. The summed E-state index contributed by atoms with van der Waals surface area (Å²) in [7, 11) is 1.95. The van der Waals surface area contributed by atoms with E-state index < -0.39 is 0 Å². The number of hydrogen-bond acceptors (Lipinski definition) is 5. The van der Waals surface area contributed by atoms with E-state index in [0.29, 0.717) is 18.1 Å². The summed E-state index contributed by atoms with van der Waals surface area (Å²) in [5, 5.41) is 9.36. The third-order valence-electron chi connectivity index (χ3n) is 4.11. The molecule has 0 unspecified atom stereocenters. The number of carbonyl (C=O) groups is 1. The van der Waals surface area contributed by atoms with Crippen molar-refractivity contribution in [1.82, 2.24) is 10.6 Å². The molecule has 0 bridgehead atoms. The van der Waals surface area contributed by atoms with E-state index >= 15 is 0 Å². The van der Waals surface area contributed by atoms with Crippen LogP contribution in [-0.4, -0.2) is 39.3 Å². The first-order chi connectivity index (χ1) is 13.6. The highest BCUT2D eigenvalue weighted by Gasteiger charge is 2.10. The molecule has 0 saturated heterocycles. The van der Waals surface area contributed by atoms with Crippen LogP contribution in [0.4, 0.5) is 5.69 Å². The highest BCUT2D eigenvalue weighted by atomic mass is 16.5. The standard InChI is InChI=1S/C22H31N3O3/c1-4-27-21-14-18(15-24-13-5-12-23-3)8-11-20(21)28-16-22(26)25-19-9-6-17(2)7-10-19/h6-11,14,23-24H,4-5,12-13,15-16H2,1-3H3,(H,25,26). The molecule has 0 aromatic heterocycles. The van der Waals surface area contributed by atoms with Gasteiger partial charge in [0.05, 0.1) is 6.61 Å². The second-order valence-electron chi connectivity index (χ2n) is 6.55. The second-order valence-corrected chi connectivity index (χ2v) is 6.55. The predicted octanol–water partition coefficient (Wildman–Crippen LogP) is 3.11. The molecule has 0 aliphatic rings. The molecule has 0 aliphatic heterocycles. The molecule has 0 atom stereocenters. The molecule has 6 heteroatoms. The van der Waals surface area contributed by atoms with Crippen LogP contribution in [0.2, 0.25) is 0 Å². The van der Waals surface area contributed by atoms with E-state index in [4.69, 9.17) is 9.47 Å². The molecule has 0 heterocycles. The van der Waals surface area contributed by atoms with Gasteiger partial charge in [-0.3, -0.25) is 4.79 Å². The van der Waals surface area contributed by atoms with Crippen LogP contribution in [0.25, 0.3) is 0 Å². The molecule has 152 valence electrons. The number of hydrogen-bond donors (Lipinski definition) is 3. The Bertz CT molecular complexity index is 732. The highest BCUT2D eigenvalue weighted by Crippen LogP contribution is 2.28. The van der Waals surface area contributed by atoms with Crippen LogP contribution in [0.15, 0.2) is 42.5 Å². The fourth-order valence-electron chi connectivity index (χ4n) is 2.65. The first-order valence-electron chi connectivity index (χ1n) is 9.72. The Morgan fingerprint density at radius 2 is 1.79 bits per heavy atom. The second kappa shape index (κ2) is 12.0. The monoisotopic (exact) mass is 385 g/mol. The normalized spacial score (nSPS) is 10.5. The number of ether oxygens (including phenoxy) is 2. The van der Waals surface area contributed by atoms with Gasteiger partial charge in [0.25, 0.3) is 5.91 Å². The fourth-order valence-corrected chi connectivity index (χ4v) is 2.65. The Kier molecular flexibility index (Phi) is 9.31. The average molecular weight is 386 g/mol. The minimum absolute atomic E-state index is 0.0738. The topological polar surface area (TPSA) is 71.6 Å². The van der Waals surface area contributed by atoms with Crippen molar-refractivity contribution >= 4 is 11.6 Å². The molecule has 0 radical (unpaired) electrons. The van der Waals surface area contributed by atoms with E-state index in [1.807, 2.05) is 63.4 Å². The van der Waals surface area contributed by atoms with Gasteiger partial charge in [0, 0.05) is 12.2 Å². The van der Waals surface area contributed by atoms with E-state index in [9.17, 15) is 4.79 Å². The minimum atomic E-state index is -0.207. The van der Waals surface area contributed by atoms with Crippen molar-refractivity contribution in [2.24, 2.45) is 0 Å². The van der Waals surface area contributed by atoms with Gasteiger partial charge in [-0.1, -0.05) is 23.8 Å². The lowest BCUT2D eigenvalue weighted by Crippen LogP contribution is -2.20. The third kappa shape index (κ3) is 7.58. The molecule has 28 heavy (non-hydrogen) atoms. The van der Waals surface area contributed by atoms with Crippen molar-refractivity contribution in [1.29, 1.82) is 0 Å². The van der Waals surface area contributed by atoms with E-state index in [1.165, 1.54) is 0 Å². The first kappa shape index (κ1) is 21.7. The van der Waals surface area contributed by atoms with Crippen molar-refractivity contribution in [3.63, 3.8) is 0 Å². The van der Waals surface area contributed by atoms with Gasteiger partial charge in [-0.15, -0.1) is 0 Å². The van der Waals surface area contributed by atoms with E-state index in [-0.39, 0.29) is 12.5 Å². The number of carbonyl (C=O) groups excluding carboxylic acids is 1. The molecule has 0 aliphatic carbocycles. The number of aryl methyl sites for hydroxylation is 1. The molecule has 0 saturated carbocycles. The quantitative estimate of drug-likeness (QED) is 0.490. The van der Waals surface area contributed by atoms with Gasteiger partial charge in [-0.25, -0.2) is 0 Å². The van der Waals surface area contributed by atoms with Crippen molar-refractivity contribution in [3.05, 3.63) is 53.6 Å². The third-order valence-corrected chi connectivity index (χ3v) is 4.11. The molecular weight excluding hydrogens is 354 g/mol. The summed E-state index contributed by atoms with van der Waals surface area (Å²) >= 11 is 0. The van der Waals surface area contributed by atoms with Crippen LogP contribution in [0.3, 0.4) is 0 Å². The van der Waals surface area contributed by atoms with Crippen molar-refractivity contribution in [3.8, 4) is 11.5 Å². The zero-order valence-electron chi connectivity index (χ0n) is 17.0. The Morgan fingerprint density at radius 3 is 2.50 bits per heavy atom. The largest absolute Gasteiger partial charge is 0.490 e. The number of benzene rings is 2. The summed E-state index contributed by atoms with van der Waals surface area (Å²) in [6.07, 6.45) is 1.08. The average Bonchev–Trinajstić information content (AvgIpc) is 2.69. The molecule has 6 nitrogen and oxygen atoms in total. The van der Waals surface area contributed by atoms with Crippen molar-refractivity contribution in [2.45, 2.75) is 26.8 Å². The van der Waals surface area contributed by atoms with E-state index in [0.717, 1.165) is 42.9 Å². The predicted molar refractivity (Wildman–Crippen MR) is 113 cm³/mol. The van der Waals surface area contributed by atoms with Crippen molar-refractivity contribution < 1.29 is 14.3 Å². The van der Waals surface area contributed by atoms with Gasteiger partial charge in [0.15, 0.2) is 18.1 Å². The van der Waals surface area contributed by atoms with Gasteiger partial charge in [0.2, 0.25) is 0 Å². The number of anilines is 1. The van der Waals surface area contributed by atoms with Crippen LogP contribution in [-0.2, 0) is 11.3 Å². The van der Waals surface area contributed by atoms with Crippen LogP contribution in [0.1, 0.15) is 24.5 Å². The number of rotatable bonds is 12. The molecule has 2 aromatic carbocycles. The molecule has 0 spiro atoms. The van der Waals surface area contributed by atoms with Gasteiger partial charge in [-0.2, -0.15) is 0 Å². The Labute approximate surface area is 167 Å². The maximum Gasteiger partial charge on any atom is 0.262 e. The van der Waals surface area contributed by atoms with Gasteiger partial charge < -0.3 is 25.4 Å². The summed E-state index contributed by atoms with van der Waals surface area (Å²) in [4.78, 5) is 12.1. The SMILES string of the molecule is CCOc1cc(CNCCCNC)ccc1OCC(=O)Nc1ccc(C)cc1. The first-order valence-corrected chi connectivity index (χ1v) is 9.72. The molecular formula is C22H31N3O3. The maximum absolute atomic E-state index is 12.1. The summed E-state index contributed by atoms with van der Waals surface area (Å²) in [6.45, 7) is 7.09. The number of nitrogens with one attached hydrogen (secondary N) is 3. The molecule has 0 fully saturated rings. The van der Waals surface area contributed by atoms with Crippen molar-refractivity contribution in [2.75, 3.05) is 38.7 Å². The van der Waals surface area contributed by atoms with Crippen LogP contribution in [0.5, 0.6) is 11.5 Å². The smallest absolute Gasteiger partial charge is 0.262 e. The van der Waals surface area contributed by atoms with Crippen LogP contribution >= 0.6 is 0 Å². The lowest BCUT2D eigenvalue weighted by Gasteiger charge is -2.14. The maximum atomic E-state index is 12.1. The van der Waals surface area contributed by atoms with Crippen LogP contribution in [0, 0.1) is 6.92 Å². The molecule has 2 aromatic rings. The molecule has 1 amide bonds. The number of amides is 1. The minimum Gasteiger partial charge on any atom is -0.490 e. The molecule has 2 rings (SSSR count). The lowest BCUT2D eigenvalue weighted by molar-refractivity contribution is -0.118. The Balaban J connectivity index is 1.88. The summed E-state index contributed by atoms with van der Waals surface area (Å²) in [6, 6.07) is 13.5.